The summed E-state index contributed by atoms with van der Waals surface area (Å²) < 4.78 is 71.1. The van der Waals surface area contributed by atoms with Crippen LogP contribution in [0.1, 0.15) is 5.56 Å². The average Bonchev–Trinajstić information content (AvgIpc) is 2.72. The van der Waals surface area contributed by atoms with Crippen molar-refractivity contribution in [2.24, 2.45) is 0 Å². The lowest BCUT2D eigenvalue weighted by Gasteiger charge is -2.24. The predicted molar refractivity (Wildman–Crippen MR) is 115 cm³/mol. The average molecular weight is 464 g/mol. The molecule has 0 atom stereocenters. The highest BCUT2D eigenvalue weighted by Crippen LogP contribution is 2.35. The van der Waals surface area contributed by atoms with Gasteiger partial charge >= 0.3 is 6.18 Å². The zero-order chi connectivity index (χ0) is 23.4. The topological polar surface area (TPSA) is 75.7 Å². The van der Waals surface area contributed by atoms with Gasteiger partial charge in [0, 0.05) is 0 Å². The number of hydrogen-bond acceptors (Lipinski definition) is 4. The van der Waals surface area contributed by atoms with Gasteiger partial charge in [-0.25, -0.2) is 8.42 Å². The molecule has 0 aliphatic rings. The molecule has 0 saturated heterocycles. The van der Waals surface area contributed by atoms with Gasteiger partial charge in [0.25, 0.3) is 0 Å². The predicted octanol–water partition coefficient (Wildman–Crippen LogP) is 4.90. The molecule has 0 aromatic heterocycles. The molecule has 6 nitrogen and oxygen atoms in total. The van der Waals surface area contributed by atoms with E-state index in [0.29, 0.717) is 5.75 Å². The van der Waals surface area contributed by atoms with E-state index in [1.807, 2.05) is 0 Å². The first-order chi connectivity index (χ1) is 15.1. The molecule has 32 heavy (non-hydrogen) atoms. The highest BCUT2D eigenvalue weighted by Gasteiger charge is 2.34. The van der Waals surface area contributed by atoms with Crippen molar-refractivity contribution in [1.29, 1.82) is 0 Å². The minimum Gasteiger partial charge on any atom is -0.455 e. The largest absolute Gasteiger partial charge is 0.455 e. The number of sulfonamides is 1. The monoisotopic (exact) mass is 464 g/mol. The van der Waals surface area contributed by atoms with E-state index < -0.39 is 39.9 Å². The fourth-order valence-corrected chi connectivity index (χ4v) is 3.77. The van der Waals surface area contributed by atoms with Crippen LogP contribution < -0.4 is 14.4 Å². The van der Waals surface area contributed by atoms with Crippen LogP contribution in [0.15, 0.2) is 78.9 Å². The summed E-state index contributed by atoms with van der Waals surface area (Å²) in [6.45, 7) is -0.750. The Kier molecular flexibility index (Phi) is 6.73. The minimum absolute atomic E-state index is 0.0677. The molecule has 0 radical (unpaired) electrons. The van der Waals surface area contributed by atoms with Crippen molar-refractivity contribution in [3.8, 4) is 11.5 Å². The van der Waals surface area contributed by atoms with Crippen molar-refractivity contribution in [2.75, 3.05) is 22.4 Å². The van der Waals surface area contributed by atoms with Crippen LogP contribution in [-0.4, -0.2) is 27.1 Å². The summed E-state index contributed by atoms with van der Waals surface area (Å²) in [5.41, 5.74) is -1.43. The van der Waals surface area contributed by atoms with Crippen molar-refractivity contribution < 1.29 is 31.1 Å². The number of nitrogens with zero attached hydrogens (tertiary/aromatic N) is 1. The summed E-state index contributed by atoms with van der Waals surface area (Å²) in [5.74, 6) is -0.341. The molecule has 3 aromatic carbocycles. The van der Waals surface area contributed by atoms with E-state index in [4.69, 9.17) is 4.74 Å². The van der Waals surface area contributed by atoms with E-state index >= 15 is 0 Å². The molecule has 0 saturated carbocycles. The Hall–Kier alpha value is -3.53. The third-order valence-electron chi connectivity index (χ3n) is 4.30. The van der Waals surface area contributed by atoms with Gasteiger partial charge in [-0.2, -0.15) is 13.2 Å². The first-order valence-electron chi connectivity index (χ1n) is 9.31. The van der Waals surface area contributed by atoms with Crippen LogP contribution in [0.3, 0.4) is 0 Å². The van der Waals surface area contributed by atoms with E-state index in [-0.39, 0.29) is 11.4 Å². The second-order valence-electron chi connectivity index (χ2n) is 6.74. The van der Waals surface area contributed by atoms with Gasteiger partial charge in [-0.1, -0.05) is 42.5 Å². The number of carbonyl (C=O) groups is 1. The molecule has 3 aromatic rings. The van der Waals surface area contributed by atoms with Crippen molar-refractivity contribution in [2.45, 2.75) is 6.18 Å². The summed E-state index contributed by atoms with van der Waals surface area (Å²) >= 11 is 0. The normalized spacial score (nSPS) is 11.6. The molecular formula is C22H19F3N2O4S. The van der Waals surface area contributed by atoms with E-state index in [0.717, 1.165) is 22.7 Å². The Morgan fingerprint density at radius 2 is 1.53 bits per heavy atom. The van der Waals surface area contributed by atoms with E-state index in [1.54, 1.807) is 42.5 Å². The molecular weight excluding hydrogens is 445 g/mol. The molecule has 168 valence electrons. The number of hydrogen-bond donors (Lipinski definition) is 1. The Morgan fingerprint density at radius 1 is 0.938 bits per heavy atom. The lowest BCUT2D eigenvalue weighted by Crippen LogP contribution is -2.37. The smallest absolute Gasteiger partial charge is 0.418 e. The minimum atomic E-state index is -4.68. The van der Waals surface area contributed by atoms with Crippen LogP contribution in [0.25, 0.3) is 0 Å². The Bertz CT molecular complexity index is 1200. The lowest BCUT2D eigenvalue weighted by molar-refractivity contribution is -0.137. The number of anilines is 2. The van der Waals surface area contributed by atoms with Crippen LogP contribution in [0.5, 0.6) is 11.5 Å². The van der Waals surface area contributed by atoms with Gasteiger partial charge in [0.05, 0.1) is 23.2 Å². The van der Waals surface area contributed by atoms with E-state index in [2.05, 4.69) is 5.32 Å². The van der Waals surface area contributed by atoms with Gasteiger partial charge in [-0.15, -0.1) is 0 Å². The quantitative estimate of drug-likeness (QED) is 0.540. The number of para-hydroxylation sites is 4. The fraction of sp³-hybridized carbons (Fsp3) is 0.136. The second kappa shape index (κ2) is 9.31. The molecule has 0 heterocycles. The van der Waals surface area contributed by atoms with Crippen molar-refractivity contribution in [1.82, 2.24) is 0 Å². The number of halogens is 3. The van der Waals surface area contributed by atoms with Gasteiger partial charge in [-0.3, -0.25) is 9.10 Å². The summed E-state index contributed by atoms with van der Waals surface area (Å²) in [7, 11) is -3.99. The first-order valence-corrected chi connectivity index (χ1v) is 11.2. The fourth-order valence-electron chi connectivity index (χ4n) is 2.91. The van der Waals surface area contributed by atoms with Crippen LogP contribution in [-0.2, 0) is 21.0 Å². The van der Waals surface area contributed by atoms with Crippen LogP contribution >= 0.6 is 0 Å². The summed E-state index contributed by atoms with van der Waals surface area (Å²) in [5, 5.41) is 2.15. The molecule has 10 heteroatoms. The zero-order valence-electron chi connectivity index (χ0n) is 16.8. The molecule has 0 bridgehead atoms. The number of amides is 1. The third-order valence-corrected chi connectivity index (χ3v) is 5.43. The molecule has 1 N–H and O–H groups in total. The van der Waals surface area contributed by atoms with Crippen LogP contribution in [0, 0.1) is 0 Å². The number of benzene rings is 3. The van der Waals surface area contributed by atoms with Gasteiger partial charge < -0.3 is 10.1 Å². The van der Waals surface area contributed by atoms with Gasteiger partial charge in [0.15, 0.2) is 5.75 Å². The van der Waals surface area contributed by atoms with Crippen molar-refractivity contribution in [3.63, 3.8) is 0 Å². The SMILES string of the molecule is CS(=O)(=O)N(CC(=O)Nc1ccccc1C(F)(F)F)c1ccccc1Oc1ccccc1. The first kappa shape index (κ1) is 23.1. The summed E-state index contributed by atoms with van der Waals surface area (Å²) in [4.78, 5) is 12.6. The second-order valence-corrected chi connectivity index (χ2v) is 8.65. The van der Waals surface area contributed by atoms with Crippen LogP contribution in [0.2, 0.25) is 0 Å². The summed E-state index contributed by atoms with van der Waals surface area (Å²) in [6.07, 6.45) is -3.79. The van der Waals surface area contributed by atoms with Gasteiger partial charge in [0.2, 0.25) is 15.9 Å². The Balaban J connectivity index is 1.89. The van der Waals surface area contributed by atoms with E-state index in [9.17, 15) is 26.4 Å². The molecule has 3 rings (SSSR count). The molecule has 0 aliphatic carbocycles. The van der Waals surface area contributed by atoms with Crippen molar-refractivity contribution >= 4 is 27.3 Å². The zero-order valence-corrected chi connectivity index (χ0v) is 17.7. The number of nitrogens with one attached hydrogen (secondary N) is 1. The number of alkyl halides is 3. The standard InChI is InChI=1S/C22H19F3N2O4S/c1-32(29,30)27(15-21(28)26-18-12-6-5-11-17(18)22(23,24)25)19-13-7-8-14-20(19)31-16-9-3-2-4-10-16/h2-14H,15H2,1H3,(H,26,28). The third kappa shape index (κ3) is 5.79. The molecule has 0 spiro atoms. The van der Waals surface area contributed by atoms with Gasteiger partial charge in [-0.05, 0) is 36.4 Å². The molecule has 1 amide bonds. The maximum atomic E-state index is 13.2. The molecule has 0 fully saturated rings. The van der Waals surface area contributed by atoms with Crippen molar-refractivity contribution in [3.05, 3.63) is 84.4 Å². The number of carbonyl (C=O) groups excluding carboxylic acids is 1. The highest BCUT2D eigenvalue weighted by molar-refractivity contribution is 7.92. The Labute approximate surface area is 183 Å². The molecule has 0 aliphatic heterocycles. The molecule has 0 unspecified atom stereocenters. The van der Waals surface area contributed by atoms with E-state index in [1.165, 1.54) is 24.3 Å². The maximum Gasteiger partial charge on any atom is 0.418 e. The highest BCUT2D eigenvalue weighted by atomic mass is 32.2. The lowest BCUT2D eigenvalue weighted by atomic mass is 10.1. The number of ether oxygens (including phenoxy) is 1. The van der Waals surface area contributed by atoms with Crippen LogP contribution in [0.4, 0.5) is 24.5 Å². The maximum absolute atomic E-state index is 13.2. The van der Waals surface area contributed by atoms with Gasteiger partial charge in [0.1, 0.15) is 12.3 Å². The number of rotatable bonds is 7. The Morgan fingerprint density at radius 3 is 2.19 bits per heavy atom. The summed E-state index contributed by atoms with van der Waals surface area (Å²) in [6, 6.07) is 19.2.